The molecule has 0 aliphatic carbocycles. The number of hydrogen-bond donors (Lipinski definition) is 1. The minimum absolute atomic E-state index is 0.137. The molecule has 1 aromatic rings. The van der Waals surface area contributed by atoms with E-state index < -0.39 is 0 Å². The van der Waals surface area contributed by atoms with Gasteiger partial charge in [-0.05, 0) is 24.6 Å². The minimum Gasteiger partial charge on any atom is -0.368 e. The zero-order valence-corrected chi connectivity index (χ0v) is 8.92. The van der Waals surface area contributed by atoms with E-state index in [1.54, 1.807) is 0 Å². The van der Waals surface area contributed by atoms with Gasteiger partial charge in [0.15, 0.2) is 0 Å². The van der Waals surface area contributed by atoms with Gasteiger partial charge in [0.1, 0.15) is 0 Å². The predicted octanol–water partition coefficient (Wildman–Crippen LogP) is 2.39. The van der Waals surface area contributed by atoms with Gasteiger partial charge >= 0.3 is 0 Å². The molecule has 1 N–H and O–H groups in total. The van der Waals surface area contributed by atoms with Gasteiger partial charge < -0.3 is 10.1 Å². The van der Waals surface area contributed by atoms with Crippen molar-refractivity contribution in [2.45, 2.75) is 19.1 Å². The lowest BCUT2D eigenvalue weighted by Crippen LogP contribution is -2.38. The average Bonchev–Trinajstić information content (AvgIpc) is 2.18. The van der Waals surface area contributed by atoms with Crippen LogP contribution in [-0.2, 0) is 4.74 Å². The topological polar surface area (TPSA) is 21.3 Å². The maximum atomic E-state index is 5.92. The zero-order valence-electron chi connectivity index (χ0n) is 8.16. The number of benzene rings is 1. The van der Waals surface area contributed by atoms with Crippen molar-refractivity contribution in [1.29, 1.82) is 0 Å². The van der Waals surface area contributed by atoms with E-state index in [9.17, 15) is 0 Å². The molecule has 1 aliphatic rings. The predicted molar refractivity (Wildman–Crippen MR) is 57.6 cm³/mol. The highest BCUT2D eigenvalue weighted by molar-refractivity contribution is 6.30. The first-order valence-electron chi connectivity index (χ1n) is 4.87. The van der Waals surface area contributed by atoms with Crippen molar-refractivity contribution in [2.75, 3.05) is 13.1 Å². The molecule has 0 bridgehead atoms. The van der Waals surface area contributed by atoms with Gasteiger partial charge in [-0.15, -0.1) is 0 Å². The van der Waals surface area contributed by atoms with Gasteiger partial charge in [0, 0.05) is 18.1 Å². The van der Waals surface area contributed by atoms with Gasteiger partial charge in [-0.1, -0.05) is 23.7 Å². The Morgan fingerprint density at radius 3 is 3.00 bits per heavy atom. The van der Waals surface area contributed by atoms with Crippen LogP contribution in [0, 0.1) is 0 Å². The second kappa shape index (κ2) is 4.30. The Morgan fingerprint density at radius 2 is 2.29 bits per heavy atom. The second-order valence-corrected chi connectivity index (χ2v) is 4.09. The Bertz CT molecular complexity index is 316. The first-order valence-corrected chi connectivity index (χ1v) is 5.25. The van der Waals surface area contributed by atoms with Crippen molar-refractivity contribution in [1.82, 2.24) is 5.32 Å². The van der Waals surface area contributed by atoms with Crippen LogP contribution >= 0.6 is 11.6 Å². The Hall–Kier alpha value is -0.570. The van der Waals surface area contributed by atoms with E-state index in [0.29, 0.717) is 0 Å². The molecule has 0 unspecified atom stereocenters. The van der Waals surface area contributed by atoms with Gasteiger partial charge in [-0.2, -0.15) is 0 Å². The summed E-state index contributed by atoms with van der Waals surface area (Å²) >= 11 is 5.92. The minimum atomic E-state index is 0.137. The van der Waals surface area contributed by atoms with E-state index in [1.807, 2.05) is 18.2 Å². The number of nitrogens with one attached hydrogen (secondary N) is 1. The highest BCUT2D eigenvalue weighted by atomic mass is 35.5. The van der Waals surface area contributed by atoms with E-state index in [4.69, 9.17) is 16.3 Å². The molecule has 76 valence electrons. The first kappa shape index (κ1) is 9.97. The molecule has 0 aromatic heterocycles. The van der Waals surface area contributed by atoms with Crippen LogP contribution in [0.5, 0.6) is 0 Å². The van der Waals surface area contributed by atoms with Crippen LogP contribution < -0.4 is 5.32 Å². The van der Waals surface area contributed by atoms with Crippen LogP contribution in [0.3, 0.4) is 0 Å². The molecule has 0 spiro atoms. The lowest BCUT2D eigenvalue weighted by Gasteiger charge is -2.29. The van der Waals surface area contributed by atoms with Crippen molar-refractivity contribution in [3.63, 3.8) is 0 Å². The van der Waals surface area contributed by atoms with Crippen LogP contribution in [-0.4, -0.2) is 19.2 Å². The Morgan fingerprint density at radius 1 is 1.43 bits per heavy atom. The third-order valence-electron chi connectivity index (χ3n) is 2.38. The third-order valence-corrected chi connectivity index (χ3v) is 2.61. The molecule has 0 amide bonds. The smallest absolute Gasteiger partial charge is 0.0954 e. The highest BCUT2D eigenvalue weighted by Gasteiger charge is 2.20. The monoisotopic (exact) mass is 211 g/mol. The van der Waals surface area contributed by atoms with E-state index in [1.165, 1.54) is 0 Å². The Kier molecular flexibility index (Phi) is 3.06. The van der Waals surface area contributed by atoms with Gasteiger partial charge in [0.25, 0.3) is 0 Å². The van der Waals surface area contributed by atoms with Crippen molar-refractivity contribution >= 4 is 11.6 Å². The average molecular weight is 212 g/mol. The summed E-state index contributed by atoms with van der Waals surface area (Å²) in [5, 5.41) is 4.10. The molecule has 2 rings (SSSR count). The van der Waals surface area contributed by atoms with Crippen LogP contribution in [0.4, 0.5) is 0 Å². The first-order chi connectivity index (χ1) is 6.75. The van der Waals surface area contributed by atoms with Crippen molar-refractivity contribution in [3.05, 3.63) is 34.9 Å². The van der Waals surface area contributed by atoms with Gasteiger partial charge in [-0.3, -0.25) is 0 Å². The van der Waals surface area contributed by atoms with Crippen molar-refractivity contribution < 1.29 is 4.74 Å². The fraction of sp³-hybridized carbons (Fsp3) is 0.455. The molecule has 1 fully saturated rings. The SMILES string of the molecule is C[C@H]1CNC[C@H](c2cccc(Cl)c2)O1. The molecule has 1 aromatic carbocycles. The fourth-order valence-electron chi connectivity index (χ4n) is 1.70. The Labute approximate surface area is 89.2 Å². The van der Waals surface area contributed by atoms with E-state index in [-0.39, 0.29) is 12.2 Å². The molecule has 1 saturated heterocycles. The molecule has 2 nitrogen and oxygen atoms in total. The lowest BCUT2D eigenvalue weighted by atomic mass is 10.1. The van der Waals surface area contributed by atoms with Crippen LogP contribution in [0.25, 0.3) is 0 Å². The quantitative estimate of drug-likeness (QED) is 0.770. The van der Waals surface area contributed by atoms with Gasteiger partial charge in [0.2, 0.25) is 0 Å². The van der Waals surface area contributed by atoms with Gasteiger partial charge in [0.05, 0.1) is 12.2 Å². The Balaban J connectivity index is 2.14. The van der Waals surface area contributed by atoms with Gasteiger partial charge in [-0.25, -0.2) is 0 Å². The second-order valence-electron chi connectivity index (χ2n) is 3.65. The summed E-state index contributed by atoms with van der Waals surface area (Å²) in [6.07, 6.45) is 0.408. The number of ether oxygens (including phenoxy) is 1. The van der Waals surface area contributed by atoms with E-state index >= 15 is 0 Å². The highest BCUT2D eigenvalue weighted by Crippen LogP contribution is 2.23. The number of hydrogen-bond acceptors (Lipinski definition) is 2. The molecular formula is C11H14ClNO. The largest absolute Gasteiger partial charge is 0.368 e. The number of rotatable bonds is 1. The summed E-state index contributed by atoms with van der Waals surface area (Å²) in [5.74, 6) is 0. The summed E-state index contributed by atoms with van der Waals surface area (Å²) in [4.78, 5) is 0. The van der Waals surface area contributed by atoms with Crippen LogP contribution in [0.2, 0.25) is 5.02 Å². The molecule has 14 heavy (non-hydrogen) atoms. The van der Waals surface area contributed by atoms with Crippen molar-refractivity contribution in [3.8, 4) is 0 Å². The molecule has 0 radical (unpaired) electrons. The molecule has 1 heterocycles. The summed E-state index contributed by atoms with van der Waals surface area (Å²) in [7, 11) is 0. The standard InChI is InChI=1S/C11H14ClNO/c1-8-6-13-7-11(14-8)9-3-2-4-10(12)5-9/h2-5,8,11,13H,6-7H2,1H3/t8-,11+/m0/s1. The normalized spacial score (nSPS) is 27.6. The summed E-state index contributed by atoms with van der Waals surface area (Å²) in [5.41, 5.74) is 1.15. The molecule has 2 atom stereocenters. The number of morpholine rings is 1. The fourth-order valence-corrected chi connectivity index (χ4v) is 1.90. The van der Waals surface area contributed by atoms with E-state index in [2.05, 4.69) is 18.3 Å². The molecular weight excluding hydrogens is 198 g/mol. The van der Waals surface area contributed by atoms with Crippen molar-refractivity contribution in [2.24, 2.45) is 0 Å². The summed E-state index contributed by atoms with van der Waals surface area (Å²) in [6, 6.07) is 7.85. The maximum absolute atomic E-state index is 5.92. The summed E-state index contributed by atoms with van der Waals surface area (Å²) in [6.45, 7) is 3.87. The van der Waals surface area contributed by atoms with Crippen LogP contribution in [0.1, 0.15) is 18.6 Å². The van der Waals surface area contributed by atoms with Crippen LogP contribution in [0.15, 0.2) is 24.3 Å². The molecule has 3 heteroatoms. The summed E-state index contributed by atoms with van der Waals surface area (Å²) < 4.78 is 5.81. The molecule has 1 aliphatic heterocycles. The number of halogens is 1. The zero-order chi connectivity index (χ0) is 9.97. The molecule has 0 saturated carbocycles. The lowest BCUT2D eigenvalue weighted by molar-refractivity contribution is -0.0287. The third kappa shape index (κ3) is 2.27. The van der Waals surface area contributed by atoms with E-state index in [0.717, 1.165) is 23.7 Å². The maximum Gasteiger partial charge on any atom is 0.0954 e.